The molecule has 0 fully saturated rings. The van der Waals surface area contributed by atoms with Crippen LogP contribution in [-0.2, 0) is 0 Å². The molecule has 5 heteroatoms. The molecule has 3 heterocycles. The van der Waals surface area contributed by atoms with Gasteiger partial charge in [0.25, 0.3) is 0 Å². The standard InChI is InChI=1S/C40H42N4O/c1-7-29-13-10-12-26(4)39(29)40-27(5)42-44(28(40)6)31-14-11-15-32(23-31)45-33-18-19-35-34-16-8-9-17-36(34)43(37(35)24-33)38-22-30(25(2)3)20-21-41-38/h8-9,11,13-26,39H,7,10,12H2,1-6H3/t26-,39-/m0/s1. The van der Waals surface area contributed by atoms with Crippen molar-refractivity contribution in [2.75, 3.05) is 0 Å². The van der Waals surface area contributed by atoms with Crippen LogP contribution in [0.3, 0.4) is 0 Å². The van der Waals surface area contributed by atoms with Crippen LogP contribution < -0.4 is 4.74 Å². The van der Waals surface area contributed by atoms with Crippen LogP contribution in [0, 0.1) is 19.8 Å². The lowest BCUT2D eigenvalue weighted by atomic mass is 9.74. The fraction of sp³-hybridized carbons (Fsp3) is 0.300. The zero-order chi connectivity index (χ0) is 31.2. The van der Waals surface area contributed by atoms with Crippen LogP contribution in [0.2, 0.25) is 0 Å². The van der Waals surface area contributed by atoms with E-state index in [2.05, 4.69) is 130 Å². The largest absolute Gasteiger partial charge is 0.457 e. The lowest BCUT2D eigenvalue weighted by Gasteiger charge is -2.30. The molecular weight excluding hydrogens is 552 g/mol. The minimum Gasteiger partial charge on any atom is -0.457 e. The second-order valence-corrected chi connectivity index (χ2v) is 12.9. The summed E-state index contributed by atoms with van der Waals surface area (Å²) in [6.07, 6.45) is 7.87. The highest BCUT2D eigenvalue weighted by molar-refractivity contribution is 6.09. The highest BCUT2D eigenvalue weighted by atomic mass is 16.5. The number of hydrogen-bond donors (Lipinski definition) is 0. The Balaban J connectivity index is 1.26. The first kappa shape index (κ1) is 29.1. The van der Waals surface area contributed by atoms with Crippen LogP contribution in [0.15, 0.2) is 96.7 Å². The van der Waals surface area contributed by atoms with E-state index in [1.807, 2.05) is 12.3 Å². The molecule has 2 atom stereocenters. The van der Waals surface area contributed by atoms with Gasteiger partial charge in [0.1, 0.15) is 17.3 Å². The first-order valence-electron chi connectivity index (χ1n) is 16.4. The number of pyridine rings is 1. The molecule has 45 heavy (non-hydrogen) atoms. The van der Waals surface area contributed by atoms with Gasteiger partial charge in [-0.1, -0.05) is 63.6 Å². The Bertz CT molecular complexity index is 2060. The third-order valence-corrected chi connectivity index (χ3v) is 9.67. The molecule has 0 N–H and O–H groups in total. The maximum Gasteiger partial charge on any atom is 0.137 e. The Morgan fingerprint density at radius 2 is 1.69 bits per heavy atom. The van der Waals surface area contributed by atoms with Crippen molar-refractivity contribution in [3.05, 3.63) is 119 Å². The number of nitrogens with zero attached hydrogens (tertiary/aromatic N) is 4. The van der Waals surface area contributed by atoms with Gasteiger partial charge in [0.15, 0.2) is 0 Å². The van der Waals surface area contributed by atoms with Crippen LogP contribution >= 0.6 is 0 Å². The molecule has 7 rings (SSSR count). The third-order valence-electron chi connectivity index (χ3n) is 9.67. The molecule has 0 saturated heterocycles. The average molecular weight is 595 g/mol. The Labute approximate surface area is 266 Å². The summed E-state index contributed by atoms with van der Waals surface area (Å²) in [7, 11) is 0. The quantitative estimate of drug-likeness (QED) is 0.173. The molecule has 5 nitrogen and oxygen atoms in total. The summed E-state index contributed by atoms with van der Waals surface area (Å²) in [5, 5.41) is 7.44. The Hall–Kier alpha value is -4.64. The fourth-order valence-corrected chi connectivity index (χ4v) is 7.37. The summed E-state index contributed by atoms with van der Waals surface area (Å²) >= 11 is 0. The summed E-state index contributed by atoms with van der Waals surface area (Å²) < 4.78 is 10.9. The molecule has 1 aliphatic carbocycles. The van der Waals surface area contributed by atoms with Crippen LogP contribution in [0.25, 0.3) is 33.3 Å². The second kappa shape index (κ2) is 11.7. The summed E-state index contributed by atoms with van der Waals surface area (Å²) in [5.74, 6) is 3.95. The molecule has 0 unspecified atom stereocenters. The monoisotopic (exact) mass is 594 g/mol. The Morgan fingerprint density at radius 3 is 2.51 bits per heavy atom. The highest BCUT2D eigenvalue weighted by Crippen LogP contribution is 2.43. The number of benzene rings is 3. The summed E-state index contributed by atoms with van der Waals surface area (Å²) in [4.78, 5) is 4.80. The van der Waals surface area contributed by atoms with Gasteiger partial charge in [-0.3, -0.25) is 4.57 Å². The molecule has 0 radical (unpaired) electrons. The van der Waals surface area contributed by atoms with E-state index in [0.29, 0.717) is 17.8 Å². The van der Waals surface area contributed by atoms with Gasteiger partial charge in [-0.05, 0) is 93.0 Å². The van der Waals surface area contributed by atoms with E-state index >= 15 is 0 Å². The molecule has 228 valence electrons. The van der Waals surface area contributed by atoms with E-state index in [1.165, 1.54) is 40.4 Å². The first-order valence-corrected chi connectivity index (χ1v) is 16.4. The molecule has 0 bridgehead atoms. The van der Waals surface area contributed by atoms with Gasteiger partial charge in [-0.15, -0.1) is 0 Å². The Kier molecular flexibility index (Phi) is 7.56. The molecule has 3 aromatic heterocycles. The zero-order valence-electron chi connectivity index (χ0n) is 27.2. The van der Waals surface area contributed by atoms with Crippen molar-refractivity contribution < 1.29 is 4.74 Å². The number of para-hydroxylation sites is 1. The number of hydrogen-bond acceptors (Lipinski definition) is 3. The van der Waals surface area contributed by atoms with Gasteiger partial charge in [0, 0.05) is 46.3 Å². The van der Waals surface area contributed by atoms with Gasteiger partial charge >= 0.3 is 0 Å². The minimum atomic E-state index is 0.417. The number of aryl methyl sites for hydroxylation is 1. The van der Waals surface area contributed by atoms with Crippen molar-refractivity contribution >= 4 is 21.8 Å². The molecule has 0 spiro atoms. The number of aromatic nitrogens is 4. The molecule has 0 amide bonds. The van der Waals surface area contributed by atoms with Gasteiger partial charge in [-0.25, -0.2) is 9.67 Å². The predicted octanol–water partition coefficient (Wildman–Crippen LogP) is 10.7. The third kappa shape index (κ3) is 5.14. The first-order chi connectivity index (χ1) is 21.8. The van der Waals surface area contributed by atoms with Gasteiger partial charge in [0.2, 0.25) is 0 Å². The maximum atomic E-state index is 6.56. The van der Waals surface area contributed by atoms with Crippen molar-refractivity contribution in [3.8, 4) is 23.0 Å². The SMILES string of the molecule is CCC1=CCC[C@H](C)[C@@H]1c1c(C)nn(-c2cccc(Oc3ccc4c5ccccc5n(-c5cc(C(C)C)ccn5)c4c3)c2)c1C. The summed E-state index contributed by atoms with van der Waals surface area (Å²) in [6, 6.07) is 27.5. The fourth-order valence-electron chi connectivity index (χ4n) is 7.37. The van der Waals surface area contributed by atoms with Crippen LogP contribution in [0.1, 0.15) is 81.3 Å². The number of fused-ring (bicyclic) bond motifs is 3. The molecule has 0 aliphatic heterocycles. The molecular formula is C40H42N4O. The number of allylic oxidation sites excluding steroid dienone is 2. The van der Waals surface area contributed by atoms with Crippen molar-refractivity contribution in [1.29, 1.82) is 0 Å². The predicted molar refractivity (Wildman–Crippen MR) is 185 cm³/mol. The lowest BCUT2D eigenvalue weighted by Crippen LogP contribution is -2.17. The zero-order valence-corrected chi connectivity index (χ0v) is 27.2. The minimum absolute atomic E-state index is 0.417. The van der Waals surface area contributed by atoms with E-state index in [0.717, 1.165) is 46.2 Å². The van der Waals surface area contributed by atoms with Crippen molar-refractivity contribution in [1.82, 2.24) is 19.3 Å². The van der Waals surface area contributed by atoms with Crippen LogP contribution in [0.5, 0.6) is 11.5 Å². The van der Waals surface area contributed by atoms with E-state index in [4.69, 9.17) is 14.8 Å². The van der Waals surface area contributed by atoms with Gasteiger partial charge in [0.05, 0.1) is 22.4 Å². The van der Waals surface area contributed by atoms with Crippen molar-refractivity contribution in [3.63, 3.8) is 0 Å². The number of rotatable bonds is 7. The van der Waals surface area contributed by atoms with Crippen LogP contribution in [0.4, 0.5) is 0 Å². The molecule has 0 saturated carbocycles. The molecule has 3 aromatic carbocycles. The molecule has 6 aromatic rings. The lowest BCUT2D eigenvalue weighted by molar-refractivity contribution is 0.440. The summed E-state index contributed by atoms with van der Waals surface area (Å²) in [6.45, 7) is 13.5. The van der Waals surface area contributed by atoms with E-state index in [1.54, 1.807) is 5.57 Å². The smallest absolute Gasteiger partial charge is 0.137 e. The van der Waals surface area contributed by atoms with Crippen molar-refractivity contribution in [2.24, 2.45) is 5.92 Å². The van der Waals surface area contributed by atoms with Crippen molar-refractivity contribution in [2.45, 2.75) is 72.6 Å². The van der Waals surface area contributed by atoms with E-state index in [-0.39, 0.29) is 0 Å². The Morgan fingerprint density at radius 1 is 0.889 bits per heavy atom. The maximum absolute atomic E-state index is 6.56. The van der Waals surface area contributed by atoms with Gasteiger partial charge < -0.3 is 4.74 Å². The summed E-state index contributed by atoms with van der Waals surface area (Å²) in [5.41, 5.74) is 9.74. The van der Waals surface area contributed by atoms with Gasteiger partial charge in [-0.2, -0.15) is 5.10 Å². The normalized spacial score (nSPS) is 16.9. The highest BCUT2D eigenvalue weighted by Gasteiger charge is 2.30. The van der Waals surface area contributed by atoms with Crippen LogP contribution in [-0.4, -0.2) is 19.3 Å². The second-order valence-electron chi connectivity index (χ2n) is 12.9. The molecule has 1 aliphatic rings. The topological polar surface area (TPSA) is 44.9 Å². The number of ether oxygens (including phenoxy) is 1. The average Bonchev–Trinajstić information content (AvgIpc) is 3.53. The van der Waals surface area contributed by atoms with E-state index in [9.17, 15) is 0 Å². The van der Waals surface area contributed by atoms with E-state index < -0.39 is 0 Å².